The Kier molecular flexibility index (Phi) is 3.65. The van der Waals surface area contributed by atoms with Crippen molar-refractivity contribution in [3.05, 3.63) is 66.2 Å². The first-order valence-electron chi connectivity index (χ1n) is 6.92. The molecule has 0 amide bonds. The Morgan fingerprint density at radius 1 is 1.00 bits per heavy atom. The summed E-state index contributed by atoms with van der Waals surface area (Å²) in [5, 5.41) is 5.91. The predicted molar refractivity (Wildman–Crippen MR) is 88.7 cm³/mol. The SMILES string of the molecule is COc1ccc(N)cc1NCc1cccc2ccccc12. The lowest BCUT2D eigenvalue weighted by atomic mass is 10.0. The summed E-state index contributed by atoms with van der Waals surface area (Å²) in [7, 11) is 1.66. The molecule has 21 heavy (non-hydrogen) atoms. The highest BCUT2D eigenvalue weighted by molar-refractivity contribution is 5.85. The van der Waals surface area contributed by atoms with E-state index in [1.54, 1.807) is 7.11 Å². The maximum absolute atomic E-state index is 5.85. The van der Waals surface area contributed by atoms with Crippen molar-refractivity contribution >= 4 is 22.1 Å². The maximum Gasteiger partial charge on any atom is 0.142 e. The van der Waals surface area contributed by atoms with Crippen molar-refractivity contribution in [3.8, 4) is 5.75 Å². The van der Waals surface area contributed by atoms with E-state index in [4.69, 9.17) is 10.5 Å². The lowest BCUT2D eigenvalue weighted by Gasteiger charge is -2.13. The van der Waals surface area contributed by atoms with Gasteiger partial charge in [0.1, 0.15) is 5.75 Å². The van der Waals surface area contributed by atoms with Gasteiger partial charge in [0.05, 0.1) is 12.8 Å². The molecule has 0 saturated heterocycles. The Morgan fingerprint density at radius 2 is 1.81 bits per heavy atom. The zero-order valence-electron chi connectivity index (χ0n) is 12.0. The Labute approximate surface area is 124 Å². The van der Waals surface area contributed by atoms with Gasteiger partial charge in [0.15, 0.2) is 0 Å². The number of nitrogens with one attached hydrogen (secondary N) is 1. The van der Waals surface area contributed by atoms with Gasteiger partial charge in [-0.15, -0.1) is 0 Å². The molecular formula is C18H18N2O. The average Bonchev–Trinajstić information content (AvgIpc) is 2.53. The first-order chi connectivity index (χ1) is 10.3. The van der Waals surface area contributed by atoms with Gasteiger partial charge in [0.2, 0.25) is 0 Å². The number of ether oxygens (including phenoxy) is 1. The molecule has 0 spiro atoms. The average molecular weight is 278 g/mol. The van der Waals surface area contributed by atoms with E-state index >= 15 is 0 Å². The lowest BCUT2D eigenvalue weighted by molar-refractivity contribution is 0.416. The minimum absolute atomic E-state index is 0.719. The molecule has 3 aromatic carbocycles. The number of nitrogen functional groups attached to an aromatic ring is 1. The summed E-state index contributed by atoms with van der Waals surface area (Å²) < 4.78 is 5.36. The van der Waals surface area contributed by atoms with Crippen molar-refractivity contribution in [1.29, 1.82) is 0 Å². The third kappa shape index (κ3) is 2.77. The molecule has 3 heteroatoms. The Balaban J connectivity index is 1.89. The van der Waals surface area contributed by atoms with Crippen LogP contribution in [0.4, 0.5) is 11.4 Å². The number of nitrogens with two attached hydrogens (primary N) is 1. The molecule has 0 saturated carbocycles. The van der Waals surface area contributed by atoms with Gasteiger partial charge in [0.25, 0.3) is 0 Å². The Bertz CT molecular complexity index is 763. The number of rotatable bonds is 4. The molecule has 3 aromatic rings. The smallest absolute Gasteiger partial charge is 0.142 e. The molecule has 0 atom stereocenters. The highest BCUT2D eigenvalue weighted by Gasteiger charge is 2.05. The van der Waals surface area contributed by atoms with E-state index in [-0.39, 0.29) is 0 Å². The van der Waals surface area contributed by atoms with E-state index in [9.17, 15) is 0 Å². The summed E-state index contributed by atoms with van der Waals surface area (Å²) in [6.07, 6.45) is 0. The van der Waals surface area contributed by atoms with Crippen LogP contribution in [0.3, 0.4) is 0 Å². The van der Waals surface area contributed by atoms with Gasteiger partial charge < -0.3 is 15.8 Å². The Hall–Kier alpha value is -2.68. The van der Waals surface area contributed by atoms with Crippen molar-refractivity contribution in [2.45, 2.75) is 6.54 Å². The molecule has 0 aromatic heterocycles. The van der Waals surface area contributed by atoms with Crippen LogP contribution in [-0.4, -0.2) is 7.11 Å². The fourth-order valence-electron chi connectivity index (χ4n) is 2.50. The van der Waals surface area contributed by atoms with Gasteiger partial charge in [-0.25, -0.2) is 0 Å². The Morgan fingerprint density at radius 3 is 2.67 bits per heavy atom. The summed E-state index contributed by atoms with van der Waals surface area (Å²) in [6.45, 7) is 0.723. The number of anilines is 2. The van der Waals surface area contributed by atoms with Gasteiger partial charge in [-0.1, -0.05) is 42.5 Å². The summed E-state index contributed by atoms with van der Waals surface area (Å²) >= 11 is 0. The second-order valence-corrected chi connectivity index (χ2v) is 4.95. The highest BCUT2D eigenvalue weighted by Crippen LogP contribution is 2.28. The normalized spacial score (nSPS) is 10.5. The minimum atomic E-state index is 0.719. The molecule has 0 aliphatic rings. The van der Waals surface area contributed by atoms with Crippen LogP contribution in [0.15, 0.2) is 60.7 Å². The fourth-order valence-corrected chi connectivity index (χ4v) is 2.50. The van der Waals surface area contributed by atoms with Crippen LogP contribution in [0.2, 0.25) is 0 Å². The van der Waals surface area contributed by atoms with Gasteiger partial charge >= 0.3 is 0 Å². The van der Waals surface area contributed by atoms with Crippen LogP contribution < -0.4 is 15.8 Å². The molecule has 0 aliphatic heterocycles. The van der Waals surface area contributed by atoms with Crippen molar-refractivity contribution in [1.82, 2.24) is 0 Å². The summed E-state index contributed by atoms with van der Waals surface area (Å²) in [4.78, 5) is 0. The monoisotopic (exact) mass is 278 g/mol. The third-order valence-electron chi connectivity index (χ3n) is 3.57. The van der Waals surface area contributed by atoms with Crippen LogP contribution in [0.5, 0.6) is 5.75 Å². The third-order valence-corrected chi connectivity index (χ3v) is 3.57. The summed E-state index contributed by atoms with van der Waals surface area (Å²) in [5.74, 6) is 0.796. The molecule has 0 unspecified atom stereocenters. The second-order valence-electron chi connectivity index (χ2n) is 4.95. The van der Waals surface area contributed by atoms with Crippen molar-refractivity contribution in [2.75, 3.05) is 18.2 Å². The standard InChI is InChI=1S/C18H18N2O/c1-21-18-10-9-15(19)11-17(18)20-12-14-7-4-6-13-5-2-3-8-16(13)14/h2-11,20H,12,19H2,1H3. The van der Waals surface area contributed by atoms with Gasteiger partial charge in [-0.3, -0.25) is 0 Å². The first kappa shape index (κ1) is 13.3. The number of fused-ring (bicyclic) bond motifs is 1. The van der Waals surface area contributed by atoms with Crippen molar-refractivity contribution < 1.29 is 4.74 Å². The van der Waals surface area contributed by atoms with Gasteiger partial charge in [-0.2, -0.15) is 0 Å². The van der Waals surface area contributed by atoms with E-state index in [1.165, 1.54) is 16.3 Å². The first-order valence-corrected chi connectivity index (χ1v) is 6.92. The van der Waals surface area contributed by atoms with Gasteiger partial charge in [-0.05, 0) is 34.5 Å². The lowest BCUT2D eigenvalue weighted by Crippen LogP contribution is -2.02. The molecule has 106 valence electrons. The zero-order valence-corrected chi connectivity index (χ0v) is 12.0. The highest BCUT2D eigenvalue weighted by atomic mass is 16.5. The summed E-state index contributed by atoms with van der Waals surface area (Å²) in [5.41, 5.74) is 8.72. The largest absolute Gasteiger partial charge is 0.495 e. The van der Waals surface area contributed by atoms with Crippen LogP contribution >= 0.6 is 0 Å². The van der Waals surface area contributed by atoms with Crippen LogP contribution in [-0.2, 0) is 6.54 Å². The molecule has 0 heterocycles. The number of hydrogen-bond donors (Lipinski definition) is 2. The number of benzene rings is 3. The number of methoxy groups -OCH3 is 1. The number of hydrogen-bond acceptors (Lipinski definition) is 3. The second kappa shape index (κ2) is 5.75. The van der Waals surface area contributed by atoms with E-state index in [1.807, 2.05) is 18.2 Å². The van der Waals surface area contributed by atoms with E-state index in [0.717, 1.165) is 23.7 Å². The maximum atomic E-state index is 5.85. The van der Waals surface area contributed by atoms with E-state index in [0.29, 0.717) is 0 Å². The van der Waals surface area contributed by atoms with Crippen molar-refractivity contribution in [3.63, 3.8) is 0 Å². The summed E-state index contributed by atoms with van der Waals surface area (Å²) in [6, 6.07) is 20.3. The molecule has 3 N–H and O–H groups in total. The van der Waals surface area contributed by atoms with Gasteiger partial charge in [0, 0.05) is 12.2 Å². The van der Waals surface area contributed by atoms with Crippen LogP contribution in [0.1, 0.15) is 5.56 Å². The molecule has 0 fully saturated rings. The van der Waals surface area contributed by atoms with E-state index in [2.05, 4.69) is 47.8 Å². The molecule has 0 aliphatic carbocycles. The molecule has 3 nitrogen and oxygen atoms in total. The fraction of sp³-hybridized carbons (Fsp3) is 0.111. The molecule has 0 bridgehead atoms. The van der Waals surface area contributed by atoms with Crippen LogP contribution in [0, 0.1) is 0 Å². The van der Waals surface area contributed by atoms with Crippen LogP contribution in [0.25, 0.3) is 10.8 Å². The topological polar surface area (TPSA) is 47.3 Å². The quantitative estimate of drug-likeness (QED) is 0.708. The molecule has 3 rings (SSSR count). The van der Waals surface area contributed by atoms with E-state index < -0.39 is 0 Å². The molecule has 0 radical (unpaired) electrons. The zero-order chi connectivity index (χ0) is 14.7. The minimum Gasteiger partial charge on any atom is -0.495 e. The molecular weight excluding hydrogens is 260 g/mol. The van der Waals surface area contributed by atoms with Crippen molar-refractivity contribution in [2.24, 2.45) is 0 Å². The predicted octanol–water partition coefficient (Wildman–Crippen LogP) is 4.04.